The molecule has 4 heterocycles. The Labute approximate surface area is 158 Å². The Morgan fingerprint density at radius 2 is 2.00 bits per heavy atom. The lowest BCUT2D eigenvalue weighted by atomic mass is 10.3. The van der Waals surface area contributed by atoms with E-state index < -0.39 is 0 Å². The Hall–Kier alpha value is -3.88. The van der Waals surface area contributed by atoms with Gasteiger partial charge in [-0.05, 0) is 31.2 Å². The van der Waals surface area contributed by atoms with Crippen LogP contribution in [0, 0.1) is 5.82 Å². The van der Waals surface area contributed by atoms with Gasteiger partial charge in [0, 0.05) is 24.7 Å². The van der Waals surface area contributed by atoms with Crippen LogP contribution >= 0.6 is 0 Å². The normalized spacial score (nSPS) is 12.5. The second-order valence-electron chi connectivity index (χ2n) is 6.30. The molecule has 1 aromatic carbocycles. The minimum absolute atomic E-state index is 0.257. The summed E-state index contributed by atoms with van der Waals surface area (Å²) in [5, 5.41) is 7.46. The molecule has 0 saturated heterocycles. The molecule has 28 heavy (non-hydrogen) atoms. The largest absolute Gasteiger partial charge is 0.357 e. The highest BCUT2D eigenvalue weighted by Crippen LogP contribution is 2.27. The number of aromatic nitrogens is 7. The fraction of sp³-hybridized carbons (Fsp3) is 0.105. The van der Waals surface area contributed by atoms with Crippen LogP contribution < -0.4 is 5.32 Å². The van der Waals surface area contributed by atoms with E-state index in [0.29, 0.717) is 34.1 Å². The van der Waals surface area contributed by atoms with Crippen molar-refractivity contribution in [2.75, 3.05) is 5.32 Å². The van der Waals surface area contributed by atoms with Gasteiger partial charge >= 0.3 is 0 Å². The van der Waals surface area contributed by atoms with Crippen molar-refractivity contribution in [3.05, 3.63) is 73.0 Å². The van der Waals surface area contributed by atoms with Crippen molar-refractivity contribution < 1.29 is 4.39 Å². The summed E-state index contributed by atoms with van der Waals surface area (Å²) in [6, 6.07) is 9.85. The van der Waals surface area contributed by atoms with Gasteiger partial charge in [-0.25, -0.2) is 28.8 Å². The van der Waals surface area contributed by atoms with Crippen LogP contribution in [0.25, 0.3) is 22.5 Å². The molecular weight excluding hydrogens is 359 g/mol. The molecule has 1 atom stereocenters. The van der Waals surface area contributed by atoms with Gasteiger partial charge in [0.05, 0.1) is 17.1 Å². The molecule has 0 aliphatic rings. The van der Waals surface area contributed by atoms with Crippen molar-refractivity contribution in [3.8, 4) is 5.82 Å². The quantitative estimate of drug-likeness (QED) is 0.520. The lowest BCUT2D eigenvalue weighted by molar-refractivity contribution is 0.629. The molecular formula is C19H15FN8. The van der Waals surface area contributed by atoms with Crippen molar-refractivity contribution >= 4 is 22.5 Å². The van der Waals surface area contributed by atoms with Crippen LogP contribution in [0.2, 0.25) is 0 Å². The summed E-state index contributed by atoms with van der Waals surface area (Å²) in [6.45, 7) is 1.96. The van der Waals surface area contributed by atoms with Crippen LogP contribution in [0.15, 0.2) is 61.3 Å². The highest BCUT2D eigenvalue weighted by Gasteiger charge is 2.20. The summed E-state index contributed by atoms with van der Waals surface area (Å²) >= 11 is 0. The molecule has 0 spiro atoms. The van der Waals surface area contributed by atoms with Crippen molar-refractivity contribution in [1.29, 1.82) is 0 Å². The fourth-order valence-corrected chi connectivity index (χ4v) is 3.21. The van der Waals surface area contributed by atoms with E-state index in [4.69, 9.17) is 4.98 Å². The van der Waals surface area contributed by atoms with E-state index in [1.165, 1.54) is 18.5 Å². The Balaban J connectivity index is 1.64. The Morgan fingerprint density at radius 1 is 1.07 bits per heavy atom. The molecule has 0 aliphatic heterocycles. The van der Waals surface area contributed by atoms with E-state index in [1.54, 1.807) is 29.2 Å². The molecule has 0 radical (unpaired) electrons. The minimum Gasteiger partial charge on any atom is -0.357 e. The van der Waals surface area contributed by atoms with Gasteiger partial charge in [-0.3, -0.25) is 4.57 Å². The molecule has 0 aliphatic carbocycles. The van der Waals surface area contributed by atoms with Crippen LogP contribution in [-0.4, -0.2) is 34.1 Å². The maximum absolute atomic E-state index is 13.9. The first-order chi connectivity index (χ1) is 13.7. The second-order valence-corrected chi connectivity index (χ2v) is 6.30. The zero-order valence-electron chi connectivity index (χ0n) is 14.9. The zero-order valence-corrected chi connectivity index (χ0v) is 14.9. The topological polar surface area (TPSA) is 85.8 Å². The van der Waals surface area contributed by atoms with Crippen molar-refractivity contribution in [3.63, 3.8) is 0 Å². The monoisotopic (exact) mass is 374 g/mol. The van der Waals surface area contributed by atoms with E-state index in [9.17, 15) is 4.39 Å². The van der Waals surface area contributed by atoms with Crippen LogP contribution in [0.1, 0.15) is 18.8 Å². The second kappa shape index (κ2) is 6.38. The third-order valence-corrected chi connectivity index (χ3v) is 4.46. The first-order valence-corrected chi connectivity index (χ1v) is 8.71. The van der Waals surface area contributed by atoms with Crippen LogP contribution in [0.5, 0.6) is 0 Å². The number of nitrogens with one attached hydrogen (secondary N) is 1. The minimum atomic E-state index is -0.327. The summed E-state index contributed by atoms with van der Waals surface area (Å²) in [6.07, 6.45) is 6.56. The number of halogens is 1. The molecule has 138 valence electrons. The number of nitrogens with zero attached hydrogens (tertiary/aromatic N) is 7. The summed E-state index contributed by atoms with van der Waals surface area (Å²) in [5.74, 6) is 1.60. The number of benzene rings is 1. The van der Waals surface area contributed by atoms with Crippen molar-refractivity contribution in [1.82, 2.24) is 34.1 Å². The van der Waals surface area contributed by atoms with Crippen LogP contribution in [0.3, 0.4) is 0 Å². The lowest BCUT2D eigenvalue weighted by Crippen LogP contribution is -2.15. The van der Waals surface area contributed by atoms with E-state index >= 15 is 0 Å². The van der Waals surface area contributed by atoms with Crippen LogP contribution in [-0.2, 0) is 0 Å². The predicted octanol–water partition coefficient (Wildman–Crippen LogP) is 3.17. The maximum atomic E-state index is 13.9. The Kier molecular flexibility index (Phi) is 3.71. The van der Waals surface area contributed by atoms with E-state index in [1.807, 2.05) is 29.7 Å². The van der Waals surface area contributed by atoms with Gasteiger partial charge in [-0.2, -0.15) is 5.10 Å². The first kappa shape index (κ1) is 16.3. The first-order valence-electron chi connectivity index (χ1n) is 8.71. The summed E-state index contributed by atoms with van der Waals surface area (Å²) < 4.78 is 17.4. The van der Waals surface area contributed by atoms with Gasteiger partial charge in [0.25, 0.3) is 0 Å². The standard InChI is InChI=1S/C19H15FN8/c1-12(25-17-19-22-8-9-27(19)24-11-23-17)18-26-14-6-5-13(20)10-15(14)28(18)16-4-2-3-7-21-16/h2-12H,1H3,(H,23,24,25). The highest BCUT2D eigenvalue weighted by molar-refractivity contribution is 5.78. The summed E-state index contributed by atoms with van der Waals surface area (Å²) in [4.78, 5) is 17.7. The average Bonchev–Trinajstić information content (AvgIpc) is 3.33. The molecule has 1 N–H and O–H groups in total. The molecule has 0 fully saturated rings. The molecule has 4 aromatic heterocycles. The smallest absolute Gasteiger partial charge is 0.196 e. The molecule has 9 heteroatoms. The van der Waals surface area contributed by atoms with Gasteiger partial charge in [0.2, 0.25) is 0 Å². The Morgan fingerprint density at radius 3 is 2.86 bits per heavy atom. The maximum Gasteiger partial charge on any atom is 0.196 e. The van der Waals surface area contributed by atoms with E-state index in [2.05, 4.69) is 25.4 Å². The van der Waals surface area contributed by atoms with Gasteiger partial charge in [0.15, 0.2) is 11.5 Å². The molecule has 0 amide bonds. The summed E-state index contributed by atoms with van der Waals surface area (Å²) in [7, 11) is 0. The number of hydrogen-bond donors (Lipinski definition) is 1. The van der Waals surface area contributed by atoms with E-state index in [0.717, 1.165) is 0 Å². The number of anilines is 1. The molecule has 0 saturated carbocycles. The third kappa shape index (κ3) is 2.64. The number of fused-ring (bicyclic) bond motifs is 2. The van der Waals surface area contributed by atoms with Crippen molar-refractivity contribution in [2.24, 2.45) is 0 Å². The van der Waals surface area contributed by atoms with Gasteiger partial charge < -0.3 is 5.32 Å². The number of pyridine rings is 1. The van der Waals surface area contributed by atoms with E-state index in [-0.39, 0.29) is 11.9 Å². The SMILES string of the molecule is CC(Nc1ncnn2ccnc12)c1nc2ccc(F)cc2n1-c1ccccn1. The van der Waals surface area contributed by atoms with Gasteiger partial charge in [-0.15, -0.1) is 0 Å². The highest BCUT2D eigenvalue weighted by atomic mass is 19.1. The van der Waals surface area contributed by atoms with Gasteiger partial charge in [-0.1, -0.05) is 6.07 Å². The fourth-order valence-electron chi connectivity index (χ4n) is 3.21. The van der Waals surface area contributed by atoms with Gasteiger partial charge in [0.1, 0.15) is 23.8 Å². The molecule has 5 rings (SSSR count). The number of rotatable bonds is 4. The third-order valence-electron chi connectivity index (χ3n) is 4.46. The Bertz CT molecular complexity index is 1280. The van der Waals surface area contributed by atoms with Crippen LogP contribution in [0.4, 0.5) is 10.2 Å². The predicted molar refractivity (Wildman–Crippen MR) is 102 cm³/mol. The van der Waals surface area contributed by atoms with Crippen molar-refractivity contribution in [2.45, 2.75) is 13.0 Å². The number of hydrogen-bond acceptors (Lipinski definition) is 6. The lowest BCUT2D eigenvalue weighted by Gasteiger charge is -2.16. The molecule has 1 unspecified atom stereocenters. The average molecular weight is 374 g/mol. The molecule has 8 nitrogen and oxygen atoms in total. The number of imidazole rings is 2. The molecule has 0 bridgehead atoms. The molecule has 5 aromatic rings. The zero-order chi connectivity index (χ0) is 19.1. The summed E-state index contributed by atoms with van der Waals surface area (Å²) in [5.41, 5.74) is 1.95.